The molecule has 6 heteroatoms. The number of hydrogen-bond acceptors (Lipinski definition) is 5. The molecule has 0 radical (unpaired) electrons. The van der Waals surface area contributed by atoms with Gasteiger partial charge in [-0.3, -0.25) is 9.69 Å². The van der Waals surface area contributed by atoms with E-state index >= 15 is 0 Å². The highest BCUT2D eigenvalue weighted by molar-refractivity contribution is 5.97. The van der Waals surface area contributed by atoms with Gasteiger partial charge in [0.25, 0.3) is 0 Å². The van der Waals surface area contributed by atoms with Crippen molar-refractivity contribution in [2.75, 3.05) is 48.3 Å². The maximum absolute atomic E-state index is 12.7. The van der Waals surface area contributed by atoms with Crippen LogP contribution < -0.4 is 20.3 Å². The molecule has 1 aliphatic heterocycles. The van der Waals surface area contributed by atoms with Crippen molar-refractivity contribution in [2.45, 2.75) is 26.4 Å². The Balaban J connectivity index is 1.27. The number of ether oxygens (including phenoxy) is 1. The van der Waals surface area contributed by atoms with Crippen LogP contribution in [-0.2, 0) is 11.3 Å². The third-order valence-corrected chi connectivity index (χ3v) is 6.07. The third-order valence-electron chi connectivity index (χ3n) is 6.07. The summed E-state index contributed by atoms with van der Waals surface area (Å²) in [4.78, 5) is 17.6. The molecule has 1 fully saturated rings. The average molecular weight is 459 g/mol. The number of rotatable bonds is 9. The van der Waals surface area contributed by atoms with Gasteiger partial charge in [-0.15, -0.1) is 0 Å². The predicted octanol–water partition coefficient (Wildman–Crippen LogP) is 4.85. The van der Waals surface area contributed by atoms with E-state index in [-0.39, 0.29) is 11.9 Å². The first kappa shape index (κ1) is 23.6. The first-order valence-electron chi connectivity index (χ1n) is 12.0. The fraction of sp³-hybridized carbons (Fsp3) is 0.321. The van der Waals surface area contributed by atoms with Crippen molar-refractivity contribution < 1.29 is 9.53 Å². The minimum atomic E-state index is -0.387. The summed E-state index contributed by atoms with van der Waals surface area (Å²) in [6, 6.07) is 26.1. The SMILES string of the molecule is CCOc1ccccc1NC(=O)C(C)Nc1ccc(N2CCN(Cc3ccccc3)CC2)cc1. The van der Waals surface area contributed by atoms with Crippen LogP contribution in [-0.4, -0.2) is 49.6 Å². The Hall–Kier alpha value is -3.51. The molecule has 178 valence electrons. The molecule has 0 aromatic heterocycles. The quantitative estimate of drug-likeness (QED) is 0.480. The smallest absolute Gasteiger partial charge is 0.246 e. The van der Waals surface area contributed by atoms with E-state index in [2.05, 4.69) is 62.9 Å². The first-order chi connectivity index (χ1) is 16.6. The van der Waals surface area contributed by atoms with Gasteiger partial charge in [-0.1, -0.05) is 42.5 Å². The molecule has 1 heterocycles. The zero-order valence-corrected chi connectivity index (χ0v) is 20.0. The Kier molecular flexibility index (Phi) is 8.04. The number of piperazine rings is 1. The minimum absolute atomic E-state index is 0.106. The van der Waals surface area contributed by atoms with Crippen LogP contribution >= 0.6 is 0 Å². The van der Waals surface area contributed by atoms with Gasteiger partial charge in [-0.2, -0.15) is 0 Å². The fourth-order valence-corrected chi connectivity index (χ4v) is 4.18. The van der Waals surface area contributed by atoms with Crippen LogP contribution in [0.1, 0.15) is 19.4 Å². The normalized spacial score (nSPS) is 14.9. The van der Waals surface area contributed by atoms with Crippen molar-refractivity contribution in [2.24, 2.45) is 0 Å². The summed E-state index contributed by atoms with van der Waals surface area (Å²) >= 11 is 0. The number of carbonyl (C=O) groups is 1. The maximum atomic E-state index is 12.7. The lowest BCUT2D eigenvalue weighted by Gasteiger charge is -2.36. The Morgan fingerprint density at radius 3 is 2.29 bits per heavy atom. The van der Waals surface area contributed by atoms with E-state index in [9.17, 15) is 4.79 Å². The Labute approximate surface area is 202 Å². The van der Waals surface area contributed by atoms with Crippen LogP contribution in [0.25, 0.3) is 0 Å². The molecule has 0 spiro atoms. The van der Waals surface area contributed by atoms with E-state index in [1.807, 2.05) is 50.2 Å². The highest BCUT2D eigenvalue weighted by Crippen LogP contribution is 2.24. The number of nitrogens with one attached hydrogen (secondary N) is 2. The number of para-hydroxylation sites is 2. The molecular weight excluding hydrogens is 424 g/mol. The van der Waals surface area contributed by atoms with Crippen molar-refractivity contribution in [3.8, 4) is 5.75 Å². The van der Waals surface area contributed by atoms with E-state index < -0.39 is 0 Å². The molecule has 1 unspecified atom stereocenters. The second-order valence-corrected chi connectivity index (χ2v) is 8.58. The van der Waals surface area contributed by atoms with Gasteiger partial charge in [-0.05, 0) is 55.8 Å². The molecule has 3 aromatic rings. The summed E-state index contributed by atoms with van der Waals surface area (Å²) in [6.45, 7) is 9.47. The summed E-state index contributed by atoms with van der Waals surface area (Å²) in [7, 11) is 0. The summed E-state index contributed by atoms with van der Waals surface area (Å²) in [5.41, 5.74) is 4.19. The zero-order chi connectivity index (χ0) is 23.8. The third kappa shape index (κ3) is 6.29. The topological polar surface area (TPSA) is 56.8 Å². The number of amides is 1. The predicted molar refractivity (Wildman–Crippen MR) is 140 cm³/mol. The van der Waals surface area contributed by atoms with E-state index in [1.54, 1.807) is 0 Å². The van der Waals surface area contributed by atoms with Crippen LogP contribution in [0.3, 0.4) is 0 Å². The summed E-state index contributed by atoms with van der Waals surface area (Å²) < 4.78 is 5.60. The molecule has 1 atom stereocenters. The molecule has 4 rings (SSSR count). The molecule has 0 bridgehead atoms. The van der Waals surface area contributed by atoms with Gasteiger partial charge in [0.05, 0.1) is 12.3 Å². The molecule has 2 N–H and O–H groups in total. The monoisotopic (exact) mass is 458 g/mol. The lowest BCUT2D eigenvalue weighted by atomic mass is 10.2. The summed E-state index contributed by atoms with van der Waals surface area (Å²) in [5.74, 6) is 0.574. The number of hydrogen-bond donors (Lipinski definition) is 2. The Morgan fingerprint density at radius 1 is 0.912 bits per heavy atom. The molecule has 6 nitrogen and oxygen atoms in total. The van der Waals surface area contributed by atoms with E-state index in [4.69, 9.17) is 4.74 Å². The van der Waals surface area contributed by atoms with Crippen molar-refractivity contribution in [3.63, 3.8) is 0 Å². The van der Waals surface area contributed by atoms with Crippen molar-refractivity contribution in [1.29, 1.82) is 0 Å². The second-order valence-electron chi connectivity index (χ2n) is 8.58. The lowest BCUT2D eigenvalue weighted by molar-refractivity contribution is -0.116. The van der Waals surface area contributed by atoms with Crippen LogP contribution in [0.5, 0.6) is 5.75 Å². The van der Waals surface area contributed by atoms with Crippen molar-refractivity contribution >= 4 is 23.0 Å². The molecule has 0 aliphatic carbocycles. The Bertz CT molecular complexity index is 1050. The van der Waals surface area contributed by atoms with E-state index in [0.717, 1.165) is 38.4 Å². The molecule has 3 aromatic carbocycles. The molecular formula is C28H34N4O2. The average Bonchev–Trinajstić information content (AvgIpc) is 2.87. The van der Waals surface area contributed by atoms with Crippen LogP contribution in [0, 0.1) is 0 Å². The molecule has 0 saturated carbocycles. The number of nitrogens with zero attached hydrogens (tertiary/aromatic N) is 2. The maximum Gasteiger partial charge on any atom is 0.246 e. The number of anilines is 3. The fourth-order valence-electron chi connectivity index (χ4n) is 4.18. The van der Waals surface area contributed by atoms with Gasteiger partial charge in [0.15, 0.2) is 0 Å². The van der Waals surface area contributed by atoms with E-state index in [1.165, 1.54) is 11.3 Å². The van der Waals surface area contributed by atoms with Crippen molar-refractivity contribution in [3.05, 3.63) is 84.4 Å². The molecule has 1 aliphatic rings. The van der Waals surface area contributed by atoms with Gasteiger partial charge in [-0.25, -0.2) is 0 Å². The van der Waals surface area contributed by atoms with Crippen LogP contribution in [0.2, 0.25) is 0 Å². The first-order valence-corrected chi connectivity index (χ1v) is 12.0. The van der Waals surface area contributed by atoms with Crippen molar-refractivity contribution in [1.82, 2.24) is 4.90 Å². The van der Waals surface area contributed by atoms with Gasteiger partial charge in [0.1, 0.15) is 11.8 Å². The van der Waals surface area contributed by atoms with Gasteiger partial charge in [0, 0.05) is 44.1 Å². The van der Waals surface area contributed by atoms with Gasteiger partial charge in [0.2, 0.25) is 5.91 Å². The minimum Gasteiger partial charge on any atom is -0.492 e. The van der Waals surface area contributed by atoms with E-state index in [0.29, 0.717) is 18.0 Å². The largest absolute Gasteiger partial charge is 0.492 e. The second kappa shape index (κ2) is 11.6. The number of benzene rings is 3. The molecule has 34 heavy (non-hydrogen) atoms. The van der Waals surface area contributed by atoms with Crippen LogP contribution in [0.15, 0.2) is 78.9 Å². The highest BCUT2D eigenvalue weighted by Gasteiger charge is 2.18. The summed E-state index contributed by atoms with van der Waals surface area (Å²) in [5, 5.41) is 6.26. The van der Waals surface area contributed by atoms with Gasteiger partial charge >= 0.3 is 0 Å². The Morgan fingerprint density at radius 2 is 1.59 bits per heavy atom. The zero-order valence-electron chi connectivity index (χ0n) is 20.0. The lowest BCUT2D eigenvalue weighted by Crippen LogP contribution is -2.45. The molecule has 1 amide bonds. The number of carbonyl (C=O) groups excluding carboxylic acids is 1. The van der Waals surface area contributed by atoms with Crippen LogP contribution in [0.4, 0.5) is 17.1 Å². The summed E-state index contributed by atoms with van der Waals surface area (Å²) in [6.07, 6.45) is 0. The standard InChI is InChI=1S/C28H34N4O2/c1-3-34-27-12-8-7-11-26(27)30-28(33)22(2)29-24-13-15-25(16-14-24)32-19-17-31(18-20-32)21-23-9-5-4-6-10-23/h4-16,22,29H,3,17-21H2,1-2H3,(H,30,33). The van der Waals surface area contributed by atoms with Gasteiger partial charge < -0.3 is 20.3 Å². The molecule has 1 saturated heterocycles. The highest BCUT2D eigenvalue weighted by atomic mass is 16.5.